The number of carbonyl (C=O) groups is 1. The minimum Gasteiger partial charge on any atom is -0.335 e. The minimum absolute atomic E-state index is 0.422. The van der Waals surface area contributed by atoms with Gasteiger partial charge in [-0.05, 0) is 31.6 Å². The van der Waals surface area contributed by atoms with E-state index in [1.807, 2.05) is 0 Å². The number of carbonyl (C=O) groups excluding carboxylic acids is 1. The fourth-order valence-electron chi connectivity index (χ4n) is 4.35. The molecular weight excluding hydrogens is 224 g/mol. The molecule has 0 bridgehead atoms. The highest BCUT2D eigenvalue weighted by atomic mass is 16.2. The molecule has 1 amide bonds. The highest BCUT2D eigenvalue weighted by Crippen LogP contribution is 2.34. The number of nitrogens with one attached hydrogen (secondary N) is 1. The van der Waals surface area contributed by atoms with Gasteiger partial charge < -0.3 is 10.2 Å². The lowest BCUT2D eigenvalue weighted by atomic mass is 10.0. The molecule has 3 aliphatic rings. The molecule has 0 spiro atoms. The quantitative estimate of drug-likeness (QED) is 0.832. The summed E-state index contributed by atoms with van der Waals surface area (Å²) >= 11 is 0. The summed E-state index contributed by atoms with van der Waals surface area (Å²) in [5.74, 6) is 1.98. The first kappa shape index (κ1) is 12.5. The summed E-state index contributed by atoms with van der Waals surface area (Å²) in [5, 5.41) is 3.43. The Hall–Kier alpha value is -0.570. The summed E-state index contributed by atoms with van der Waals surface area (Å²) < 4.78 is 0. The third kappa shape index (κ3) is 2.29. The van der Waals surface area contributed by atoms with E-state index in [1.54, 1.807) is 0 Å². The van der Waals surface area contributed by atoms with Crippen LogP contribution in [0, 0.1) is 11.8 Å². The van der Waals surface area contributed by atoms with E-state index in [-0.39, 0.29) is 0 Å². The average molecular weight is 250 g/mol. The normalized spacial score (nSPS) is 36.3. The molecule has 1 saturated carbocycles. The molecule has 2 saturated heterocycles. The van der Waals surface area contributed by atoms with Gasteiger partial charge in [-0.2, -0.15) is 0 Å². The Labute approximate surface area is 110 Å². The molecule has 3 rings (SSSR count). The number of hydrogen-bond donors (Lipinski definition) is 1. The lowest BCUT2D eigenvalue weighted by Gasteiger charge is -2.28. The molecule has 2 heterocycles. The van der Waals surface area contributed by atoms with Crippen LogP contribution in [-0.2, 0) is 4.79 Å². The molecule has 3 nitrogen and oxygen atoms in total. The Morgan fingerprint density at radius 2 is 2.06 bits per heavy atom. The Morgan fingerprint density at radius 3 is 2.83 bits per heavy atom. The summed E-state index contributed by atoms with van der Waals surface area (Å²) in [6.07, 6.45) is 8.60. The Balaban J connectivity index is 1.54. The first-order valence-electron chi connectivity index (χ1n) is 7.77. The van der Waals surface area contributed by atoms with Gasteiger partial charge in [-0.25, -0.2) is 0 Å². The van der Waals surface area contributed by atoms with Crippen molar-refractivity contribution in [3.8, 4) is 0 Å². The van der Waals surface area contributed by atoms with Crippen LogP contribution < -0.4 is 5.32 Å². The maximum absolute atomic E-state index is 12.5. The lowest BCUT2D eigenvalue weighted by Crippen LogP contribution is -2.42. The van der Waals surface area contributed by atoms with Crippen molar-refractivity contribution in [3.63, 3.8) is 0 Å². The van der Waals surface area contributed by atoms with Gasteiger partial charge >= 0.3 is 0 Å². The van der Waals surface area contributed by atoms with E-state index < -0.39 is 0 Å². The lowest BCUT2D eigenvalue weighted by molar-refractivity contribution is -0.134. The molecular formula is C15H26N2O. The van der Waals surface area contributed by atoms with Gasteiger partial charge in [-0.3, -0.25) is 4.79 Å². The predicted octanol–water partition coefficient (Wildman–Crippen LogP) is 2.17. The third-order valence-corrected chi connectivity index (χ3v) is 5.31. The van der Waals surface area contributed by atoms with Crippen LogP contribution in [0.5, 0.6) is 0 Å². The molecule has 3 atom stereocenters. The monoisotopic (exact) mass is 250 g/mol. The molecule has 0 aromatic carbocycles. The number of amides is 1. The molecule has 0 radical (unpaired) electrons. The van der Waals surface area contributed by atoms with Gasteiger partial charge in [-0.1, -0.05) is 25.7 Å². The number of fused-ring (bicyclic) bond motifs is 1. The van der Waals surface area contributed by atoms with Gasteiger partial charge in [0, 0.05) is 31.6 Å². The zero-order valence-electron chi connectivity index (χ0n) is 11.5. The van der Waals surface area contributed by atoms with Crippen LogP contribution in [0.2, 0.25) is 0 Å². The Morgan fingerprint density at radius 1 is 1.28 bits per heavy atom. The van der Waals surface area contributed by atoms with E-state index in [9.17, 15) is 4.79 Å². The van der Waals surface area contributed by atoms with Gasteiger partial charge in [-0.15, -0.1) is 0 Å². The summed E-state index contributed by atoms with van der Waals surface area (Å²) in [7, 11) is 0. The highest BCUT2D eigenvalue weighted by Gasteiger charge is 2.43. The smallest absolute Gasteiger partial charge is 0.223 e. The third-order valence-electron chi connectivity index (χ3n) is 5.31. The molecule has 1 aliphatic carbocycles. The predicted molar refractivity (Wildman–Crippen MR) is 72.3 cm³/mol. The minimum atomic E-state index is 0.422. The fraction of sp³-hybridized carbons (Fsp3) is 0.933. The van der Waals surface area contributed by atoms with Crippen molar-refractivity contribution in [1.82, 2.24) is 10.2 Å². The van der Waals surface area contributed by atoms with Crippen molar-refractivity contribution in [2.75, 3.05) is 13.1 Å². The van der Waals surface area contributed by atoms with Crippen LogP contribution in [0.1, 0.15) is 51.9 Å². The standard InChI is InChI=1S/C15H26N2O/c1-11-8-13-9-16-10-14(13)17(11)15(18)7-6-12-4-2-3-5-12/h11-14,16H,2-10H2,1H3. The number of rotatable bonds is 3. The highest BCUT2D eigenvalue weighted by molar-refractivity contribution is 5.77. The van der Waals surface area contributed by atoms with Crippen molar-refractivity contribution < 1.29 is 4.79 Å². The van der Waals surface area contributed by atoms with Gasteiger partial charge in [0.1, 0.15) is 0 Å². The number of nitrogens with zero attached hydrogens (tertiary/aromatic N) is 1. The van der Waals surface area contributed by atoms with Gasteiger partial charge in [0.15, 0.2) is 0 Å². The fourth-order valence-corrected chi connectivity index (χ4v) is 4.35. The van der Waals surface area contributed by atoms with Gasteiger partial charge in [0.2, 0.25) is 5.91 Å². The SMILES string of the molecule is CC1CC2CNCC2N1C(=O)CCC1CCCC1. The maximum Gasteiger partial charge on any atom is 0.223 e. The Kier molecular flexibility index (Phi) is 3.60. The van der Waals surface area contributed by atoms with Crippen LogP contribution >= 0.6 is 0 Å². The largest absolute Gasteiger partial charge is 0.335 e. The van der Waals surface area contributed by atoms with E-state index in [1.165, 1.54) is 32.1 Å². The van der Waals surface area contributed by atoms with Crippen LogP contribution in [0.3, 0.4) is 0 Å². The molecule has 1 N–H and O–H groups in total. The molecule has 2 aliphatic heterocycles. The topological polar surface area (TPSA) is 32.3 Å². The van der Waals surface area contributed by atoms with Crippen LogP contribution in [0.15, 0.2) is 0 Å². The molecule has 3 unspecified atom stereocenters. The first-order chi connectivity index (χ1) is 8.75. The van der Waals surface area contributed by atoms with E-state index in [4.69, 9.17) is 0 Å². The van der Waals surface area contributed by atoms with Crippen LogP contribution in [0.25, 0.3) is 0 Å². The van der Waals surface area contributed by atoms with Gasteiger partial charge in [0.05, 0.1) is 0 Å². The average Bonchev–Trinajstić information content (AvgIpc) is 3.01. The van der Waals surface area contributed by atoms with E-state index in [0.29, 0.717) is 18.0 Å². The van der Waals surface area contributed by atoms with Crippen LogP contribution in [0.4, 0.5) is 0 Å². The van der Waals surface area contributed by atoms with Crippen molar-refractivity contribution >= 4 is 5.91 Å². The van der Waals surface area contributed by atoms with E-state index >= 15 is 0 Å². The Bertz CT molecular complexity index is 312. The van der Waals surface area contributed by atoms with Crippen LogP contribution in [-0.4, -0.2) is 36.0 Å². The van der Waals surface area contributed by atoms with Crippen molar-refractivity contribution in [2.45, 2.75) is 64.0 Å². The molecule has 3 fully saturated rings. The second-order valence-corrected chi connectivity index (χ2v) is 6.56. The zero-order chi connectivity index (χ0) is 12.5. The molecule has 3 heteroatoms. The van der Waals surface area contributed by atoms with Gasteiger partial charge in [0.25, 0.3) is 0 Å². The summed E-state index contributed by atoms with van der Waals surface area (Å²) in [6, 6.07) is 0.967. The van der Waals surface area contributed by atoms with E-state index in [2.05, 4.69) is 17.1 Å². The number of likely N-dealkylation sites (tertiary alicyclic amines) is 1. The second-order valence-electron chi connectivity index (χ2n) is 6.56. The summed E-state index contributed by atoms with van der Waals surface area (Å²) in [4.78, 5) is 14.7. The summed E-state index contributed by atoms with van der Waals surface area (Å²) in [5.41, 5.74) is 0. The van der Waals surface area contributed by atoms with Crippen molar-refractivity contribution in [3.05, 3.63) is 0 Å². The molecule has 0 aromatic rings. The zero-order valence-corrected chi connectivity index (χ0v) is 11.5. The van der Waals surface area contributed by atoms with E-state index in [0.717, 1.165) is 37.8 Å². The molecule has 0 aromatic heterocycles. The summed E-state index contributed by atoms with van der Waals surface area (Å²) in [6.45, 7) is 4.36. The maximum atomic E-state index is 12.5. The second kappa shape index (κ2) is 5.20. The first-order valence-corrected chi connectivity index (χ1v) is 7.77. The van der Waals surface area contributed by atoms with Crippen molar-refractivity contribution in [2.24, 2.45) is 11.8 Å². The number of hydrogen-bond acceptors (Lipinski definition) is 2. The molecule has 102 valence electrons. The molecule has 18 heavy (non-hydrogen) atoms. The van der Waals surface area contributed by atoms with Crippen molar-refractivity contribution in [1.29, 1.82) is 0 Å².